The molecule has 26 heavy (non-hydrogen) atoms. The molecule has 0 aliphatic carbocycles. The summed E-state index contributed by atoms with van der Waals surface area (Å²) in [5, 5.41) is 2.75. The molecule has 3 rings (SSSR count). The van der Waals surface area contributed by atoms with Gasteiger partial charge in [0.2, 0.25) is 11.8 Å². The molecule has 1 saturated heterocycles. The van der Waals surface area contributed by atoms with Crippen molar-refractivity contribution in [1.82, 2.24) is 10.2 Å². The van der Waals surface area contributed by atoms with Crippen LogP contribution in [0.4, 0.5) is 0 Å². The number of benzene rings is 2. The van der Waals surface area contributed by atoms with Crippen molar-refractivity contribution >= 4 is 11.8 Å². The number of unbranched alkanes of at least 4 members (excludes halogenated alkanes) is 1. The number of carbonyl (C=O) groups is 2. The molecule has 1 heterocycles. The third kappa shape index (κ3) is 4.94. The number of rotatable bonds is 7. The van der Waals surface area contributed by atoms with Crippen LogP contribution in [0.3, 0.4) is 0 Å². The van der Waals surface area contributed by atoms with Crippen LogP contribution in [0.15, 0.2) is 60.7 Å². The maximum absolute atomic E-state index is 12.3. The summed E-state index contributed by atoms with van der Waals surface area (Å²) < 4.78 is 0. The molecule has 0 unspecified atom stereocenters. The zero-order valence-electron chi connectivity index (χ0n) is 15.1. The molecule has 2 aromatic rings. The van der Waals surface area contributed by atoms with Gasteiger partial charge in [-0.2, -0.15) is 0 Å². The Labute approximate surface area is 155 Å². The molecular weight excluding hydrogens is 324 g/mol. The van der Waals surface area contributed by atoms with Crippen LogP contribution in [0.1, 0.15) is 42.7 Å². The van der Waals surface area contributed by atoms with Crippen molar-refractivity contribution in [1.29, 1.82) is 0 Å². The van der Waals surface area contributed by atoms with Crippen molar-refractivity contribution in [3.63, 3.8) is 0 Å². The van der Waals surface area contributed by atoms with E-state index in [1.807, 2.05) is 12.1 Å². The van der Waals surface area contributed by atoms with Crippen LogP contribution in [-0.2, 0) is 9.59 Å². The lowest BCUT2D eigenvalue weighted by Crippen LogP contribution is -2.49. The highest BCUT2D eigenvalue weighted by atomic mass is 16.2. The van der Waals surface area contributed by atoms with Gasteiger partial charge in [-0.05, 0) is 24.0 Å². The Bertz CT molecular complexity index is 676. The third-order valence-electron chi connectivity index (χ3n) is 4.93. The molecule has 0 saturated carbocycles. The predicted molar refractivity (Wildman–Crippen MR) is 103 cm³/mol. The van der Waals surface area contributed by atoms with Gasteiger partial charge in [0, 0.05) is 25.4 Å². The molecule has 0 bridgehead atoms. The van der Waals surface area contributed by atoms with Crippen LogP contribution in [0.2, 0.25) is 0 Å². The van der Waals surface area contributed by atoms with E-state index in [-0.39, 0.29) is 18.4 Å². The van der Waals surface area contributed by atoms with Crippen molar-refractivity contribution < 1.29 is 9.59 Å². The molecule has 4 heteroatoms. The second-order valence-electron chi connectivity index (χ2n) is 6.78. The summed E-state index contributed by atoms with van der Waals surface area (Å²) in [4.78, 5) is 25.4. The Kier molecular flexibility index (Phi) is 6.42. The maximum Gasteiger partial charge on any atom is 0.239 e. The summed E-state index contributed by atoms with van der Waals surface area (Å²) in [6, 6.07) is 21.1. The van der Waals surface area contributed by atoms with Crippen LogP contribution in [0.25, 0.3) is 0 Å². The van der Waals surface area contributed by atoms with Crippen molar-refractivity contribution in [2.75, 3.05) is 19.6 Å². The summed E-state index contributed by atoms with van der Waals surface area (Å²) in [6.45, 7) is 1.39. The number of nitrogens with one attached hydrogen (secondary N) is 1. The summed E-state index contributed by atoms with van der Waals surface area (Å²) in [5.74, 6) is 0.391. The minimum Gasteiger partial charge on any atom is -0.353 e. The van der Waals surface area contributed by atoms with Gasteiger partial charge >= 0.3 is 0 Å². The second-order valence-corrected chi connectivity index (χ2v) is 6.78. The molecule has 0 atom stereocenters. The van der Waals surface area contributed by atoms with E-state index in [1.54, 1.807) is 4.90 Å². The fourth-order valence-corrected chi connectivity index (χ4v) is 3.53. The first kappa shape index (κ1) is 18.2. The van der Waals surface area contributed by atoms with Gasteiger partial charge < -0.3 is 10.2 Å². The lowest BCUT2D eigenvalue weighted by molar-refractivity contribution is -0.138. The van der Waals surface area contributed by atoms with Crippen LogP contribution >= 0.6 is 0 Å². The first-order valence-corrected chi connectivity index (χ1v) is 9.38. The van der Waals surface area contributed by atoms with Crippen LogP contribution in [0.5, 0.6) is 0 Å². The van der Waals surface area contributed by atoms with Gasteiger partial charge in [-0.1, -0.05) is 67.1 Å². The van der Waals surface area contributed by atoms with E-state index in [2.05, 4.69) is 53.8 Å². The predicted octanol–water partition coefficient (Wildman–Crippen LogP) is 3.34. The number of hydrogen-bond acceptors (Lipinski definition) is 2. The van der Waals surface area contributed by atoms with E-state index in [4.69, 9.17) is 0 Å². The first-order valence-electron chi connectivity index (χ1n) is 9.38. The fraction of sp³-hybridized carbons (Fsp3) is 0.364. The molecule has 1 aliphatic heterocycles. The summed E-state index contributed by atoms with van der Waals surface area (Å²) in [6.07, 6.45) is 3.37. The molecule has 0 radical (unpaired) electrons. The highest BCUT2D eigenvalue weighted by Crippen LogP contribution is 2.29. The Hall–Kier alpha value is -2.62. The van der Waals surface area contributed by atoms with Gasteiger partial charge in [-0.3, -0.25) is 9.59 Å². The molecule has 136 valence electrons. The molecule has 0 spiro atoms. The fourth-order valence-electron chi connectivity index (χ4n) is 3.53. The number of piperazine rings is 1. The summed E-state index contributed by atoms with van der Waals surface area (Å²) >= 11 is 0. The molecule has 4 nitrogen and oxygen atoms in total. The van der Waals surface area contributed by atoms with Gasteiger partial charge in [0.1, 0.15) is 0 Å². The average molecular weight is 350 g/mol. The van der Waals surface area contributed by atoms with Crippen molar-refractivity contribution in [3.8, 4) is 0 Å². The number of carbonyl (C=O) groups excluding carboxylic acids is 2. The van der Waals surface area contributed by atoms with Gasteiger partial charge in [0.05, 0.1) is 6.54 Å². The van der Waals surface area contributed by atoms with E-state index in [0.29, 0.717) is 25.4 Å². The monoisotopic (exact) mass is 350 g/mol. The highest BCUT2D eigenvalue weighted by Gasteiger charge is 2.20. The van der Waals surface area contributed by atoms with Gasteiger partial charge in [0.25, 0.3) is 0 Å². The summed E-state index contributed by atoms with van der Waals surface area (Å²) in [7, 11) is 0. The van der Waals surface area contributed by atoms with Crippen molar-refractivity contribution in [2.24, 2.45) is 0 Å². The molecule has 1 aliphatic rings. The van der Waals surface area contributed by atoms with Gasteiger partial charge in [-0.25, -0.2) is 0 Å². The molecule has 1 fully saturated rings. The SMILES string of the molecule is O=C1CN(C(=O)CCCCC(c2ccccc2)c2ccccc2)CCN1. The third-order valence-corrected chi connectivity index (χ3v) is 4.93. The molecule has 1 N–H and O–H groups in total. The minimum absolute atomic E-state index is 0.0576. The van der Waals surface area contributed by atoms with Crippen LogP contribution in [0, 0.1) is 0 Å². The Morgan fingerprint density at radius 1 is 0.962 bits per heavy atom. The number of nitrogens with zero attached hydrogens (tertiary/aromatic N) is 1. The lowest BCUT2D eigenvalue weighted by Gasteiger charge is -2.26. The van der Waals surface area contributed by atoms with Crippen LogP contribution < -0.4 is 5.32 Å². The molecular formula is C22H26N2O2. The van der Waals surface area contributed by atoms with E-state index in [0.717, 1.165) is 19.3 Å². The zero-order valence-corrected chi connectivity index (χ0v) is 15.1. The Morgan fingerprint density at radius 3 is 2.15 bits per heavy atom. The maximum atomic E-state index is 12.3. The van der Waals surface area contributed by atoms with E-state index < -0.39 is 0 Å². The number of hydrogen-bond donors (Lipinski definition) is 1. The van der Waals surface area contributed by atoms with Crippen molar-refractivity contribution in [2.45, 2.75) is 31.6 Å². The Balaban J connectivity index is 1.54. The zero-order chi connectivity index (χ0) is 18.2. The molecule has 2 amide bonds. The smallest absolute Gasteiger partial charge is 0.239 e. The van der Waals surface area contributed by atoms with Gasteiger partial charge in [-0.15, -0.1) is 0 Å². The normalized spacial score (nSPS) is 14.3. The first-order chi connectivity index (χ1) is 12.7. The Morgan fingerprint density at radius 2 is 1.58 bits per heavy atom. The highest BCUT2D eigenvalue weighted by molar-refractivity contribution is 5.85. The average Bonchev–Trinajstić information content (AvgIpc) is 2.69. The second kappa shape index (κ2) is 9.18. The largest absolute Gasteiger partial charge is 0.353 e. The standard InChI is InChI=1S/C22H26N2O2/c25-21-17-24(16-15-23-21)22(26)14-8-7-13-20(18-9-3-1-4-10-18)19-11-5-2-6-12-19/h1-6,9-12,20H,7-8,13-17H2,(H,23,25). The van der Waals surface area contributed by atoms with E-state index in [1.165, 1.54) is 11.1 Å². The van der Waals surface area contributed by atoms with Crippen LogP contribution in [-0.4, -0.2) is 36.3 Å². The lowest BCUT2D eigenvalue weighted by atomic mass is 9.87. The summed E-state index contributed by atoms with van der Waals surface area (Å²) in [5.41, 5.74) is 2.63. The van der Waals surface area contributed by atoms with Gasteiger partial charge in [0.15, 0.2) is 0 Å². The quantitative estimate of drug-likeness (QED) is 0.779. The van der Waals surface area contributed by atoms with E-state index >= 15 is 0 Å². The minimum atomic E-state index is -0.0576. The molecule has 2 aromatic carbocycles. The van der Waals surface area contributed by atoms with Crippen molar-refractivity contribution in [3.05, 3.63) is 71.8 Å². The topological polar surface area (TPSA) is 49.4 Å². The molecule has 0 aromatic heterocycles. The van der Waals surface area contributed by atoms with E-state index in [9.17, 15) is 9.59 Å². The number of amides is 2.